The molecule has 4 nitrogen and oxygen atoms in total. The molecular weight excluding hydrogens is 276 g/mol. The van der Waals surface area contributed by atoms with Gasteiger partial charge in [0.25, 0.3) is 11.8 Å². The van der Waals surface area contributed by atoms with Gasteiger partial charge in [-0.25, -0.2) is 5.01 Å². The molecule has 1 heterocycles. The van der Waals surface area contributed by atoms with E-state index in [2.05, 4.69) is 5.43 Å². The minimum Gasteiger partial charge on any atom is -0.267 e. The van der Waals surface area contributed by atoms with Gasteiger partial charge in [-0.3, -0.25) is 15.0 Å². The molecule has 4 heteroatoms. The molecule has 2 aromatic rings. The van der Waals surface area contributed by atoms with Gasteiger partial charge in [0.15, 0.2) is 0 Å². The zero-order valence-electron chi connectivity index (χ0n) is 12.5. The Morgan fingerprint density at radius 3 is 2.36 bits per heavy atom. The number of hydrogen-bond donors (Lipinski definition) is 1. The Morgan fingerprint density at radius 2 is 1.68 bits per heavy atom. The molecule has 0 atom stereocenters. The molecule has 0 radical (unpaired) electrons. The summed E-state index contributed by atoms with van der Waals surface area (Å²) in [5.74, 6) is -0.719. The fourth-order valence-electron chi connectivity index (χ4n) is 2.34. The number of rotatable bonds is 2. The monoisotopic (exact) mass is 292 g/mol. The standard InChI is InChI=1S/C18H16N2O2/c1-12-6-8-14(9-7-12)11-16-17(21)19-20(18(16)22)15-5-3-4-13(2)10-15/h3-11H,1-2H3,(H,19,21)/b16-11+. The molecule has 1 fully saturated rings. The summed E-state index contributed by atoms with van der Waals surface area (Å²) >= 11 is 0. The summed E-state index contributed by atoms with van der Waals surface area (Å²) in [6.45, 7) is 3.93. The van der Waals surface area contributed by atoms with Crippen LogP contribution in [0.3, 0.4) is 0 Å². The highest BCUT2D eigenvalue weighted by atomic mass is 16.2. The zero-order chi connectivity index (χ0) is 15.7. The van der Waals surface area contributed by atoms with Gasteiger partial charge in [0.05, 0.1) is 5.69 Å². The Balaban J connectivity index is 1.93. The van der Waals surface area contributed by atoms with Gasteiger partial charge < -0.3 is 0 Å². The highest BCUT2D eigenvalue weighted by Gasteiger charge is 2.34. The van der Waals surface area contributed by atoms with Crippen molar-refractivity contribution < 1.29 is 9.59 Å². The summed E-state index contributed by atoms with van der Waals surface area (Å²) in [4.78, 5) is 24.6. The topological polar surface area (TPSA) is 49.4 Å². The van der Waals surface area contributed by atoms with Crippen molar-refractivity contribution in [3.63, 3.8) is 0 Å². The maximum atomic E-state index is 12.5. The SMILES string of the molecule is Cc1ccc(/C=C2\C(=O)NN(c3cccc(C)c3)C2=O)cc1. The third-order valence-electron chi connectivity index (χ3n) is 3.54. The number of carbonyl (C=O) groups excluding carboxylic acids is 2. The van der Waals surface area contributed by atoms with Gasteiger partial charge in [0.2, 0.25) is 0 Å². The highest BCUT2D eigenvalue weighted by Crippen LogP contribution is 2.22. The fraction of sp³-hybridized carbons (Fsp3) is 0.111. The molecular formula is C18H16N2O2. The van der Waals surface area contributed by atoms with Gasteiger partial charge in [0, 0.05) is 0 Å². The van der Waals surface area contributed by atoms with Crippen LogP contribution in [-0.2, 0) is 9.59 Å². The fourth-order valence-corrected chi connectivity index (χ4v) is 2.34. The zero-order valence-corrected chi connectivity index (χ0v) is 12.5. The van der Waals surface area contributed by atoms with Gasteiger partial charge >= 0.3 is 0 Å². The van der Waals surface area contributed by atoms with Crippen LogP contribution in [0.5, 0.6) is 0 Å². The maximum absolute atomic E-state index is 12.5. The third kappa shape index (κ3) is 2.63. The number of nitrogens with one attached hydrogen (secondary N) is 1. The average molecular weight is 292 g/mol. The normalized spacial score (nSPS) is 16.3. The first-order valence-electron chi connectivity index (χ1n) is 7.05. The number of anilines is 1. The van der Waals surface area contributed by atoms with E-state index in [0.29, 0.717) is 5.69 Å². The van der Waals surface area contributed by atoms with Crippen LogP contribution < -0.4 is 10.4 Å². The first kappa shape index (κ1) is 14.1. The van der Waals surface area contributed by atoms with Gasteiger partial charge in [-0.1, -0.05) is 42.0 Å². The minimum atomic E-state index is -0.382. The summed E-state index contributed by atoms with van der Waals surface area (Å²) in [6.07, 6.45) is 1.62. The van der Waals surface area contributed by atoms with Gasteiger partial charge in [0.1, 0.15) is 5.57 Å². The lowest BCUT2D eigenvalue weighted by Gasteiger charge is -2.14. The van der Waals surface area contributed by atoms with Crippen molar-refractivity contribution in [3.05, 3.63) is 70.8 Å². The lowest BCUT2D eigenvalue weighted by molar-refractivity contribution is -0.117. The van der Waals surface area contributed by atoms with Crippen molar-refractivity contribution in [1.82, 2.24) is 5.43 Å². The van der Waals surface area contributed by atoms with Gasteiger partial charge in [-0.05, 0) is 43.2 Å². The Kier molecular flexibility index (Phi) is 3.51. The first-order valence-corrected chi connectivity index (χ1v) is 7.05. The number of benzene rings is 2. The molecule has 1 saturated heterocycles. The molecule has 3 rings (SSSR count). The number of hydrazine groups is 1. The van der Waals surface area contributed by atoms with E-state index in [9.17, 15) is 9.59 Å². The highest BCUT2D eigenvalue weighted by molar-refractivity contribution is 6.31. The van der Waals surface area contributed by atoms with Gasteiger partial charge in [-0.15, -0.1) is 0 Å². The van der Waals surface area contributed by atoms with Gasteiger partial charge in [-0.2, -0.15) is 0 Å². The number of hydrogen-bond acceptors (Lipinski definition) is 2. The molecule has 2 amide bonds. The number of carbonyl (C=O) groups is 2. The second-order valence-corrected chi connectivity index (χ2v) is 5.39. The van der Waals surface area contributed by atoms with Crippen molar-refractivity contribution in [2.45, 2.75) is 13.8 Å². The summed E-state index contributed by atoms with van der Waals surface area (Å²) in [5.41, 5.74) is 6.39. The predicted octanol–water partition coefficient (Wildman–Crippen LogP) is 2.76. The molecule has 0 aliphatic carbocycles. The van der Waals surface area contributed by atoms with Crippen molar-refractivity contribution in [2.24, 2.45) is 0 Å². The lowest BCUT2D eigenvalue weighted by atomic mass is 10.1. The molecule has 0 saturated carbocycles. The second kappa shape index (κ2) is 5.48. The summed E-state index contributed by atoms with van der Waals surface area (Å²) in [5, 5.41) is 1.29. The van der Waals surface area contributed by atoms with Crippen LogP contribution >= 0.6 is 0 Å². The van der Waals surface area contributed by atoms with E-state index in [1.165, 1.54) is 5.01 Å². The minimum absolute atomic E-state index is 0.144. The quantitative estimate of drug-likeness (QED) is 0.683. The number of aryl methyl sites for hydroxylation is 2. The van der Waals surface area contributed by atoms with Crippen molar-refractivity contribution in [3.8, 4) is 0 Å². The molecule has 22 heavy (non-hydrogen) atoms. The molecule has 0 aromatic heterocycles. The largest absolute Gasteiger partial charge is 0.282 e. The van der Waals surface area contributed by atoms with E-state index < -0.39 is 0 Å². The van der Waals surface area contributed by atoms with Crippen LogP contribution in [0.1, 0.15) is 16.7 Å². The molecule has 0 spiro atoms. The molecule has 0 bridgehead atoms. The summed E-state index contributed by atoms with van der Waals surface area (Å²) in [7, 11) is 0. The van der Waals surface area contributed by atoms with Crippen molar-refractivity contribution >= 4 is 23.6 Å². The number of nitrogens with zero attached hydrogens (tertiary/aromatic N) is 1. The smallest absolute Gasteiger partial charge is 0.267 e. The second-order valence-electron chi connectivity index (χ2n) is 5.39. The molecule has 1 aliphatic rings. The molecule has 110 valence electrons. The summed E-state index contributed by atoms with van der Waals surface area (Å²) in [6, 6.07) is 15.1. The molecule has 2 aromatic carbocycles. The Morgan fingerprint density at radius 1 is 0.955 bits per heavy atom. The Hall–Kier alpha value is -2.88. The van der Waals surface area contributed by atoms with Crippen molar-refractivity contribution in [1.29, 1.82) is 0 Å². The summed E-state index contributed by atoms with van der Waals surface area (Å²) < 4.78 is 0. The lowest BCUT2D eigenvalue weighted by Crippen LogP contribution is -2.35. The Bertz CT molecular complexity index is 776. The third-order valence-corrected chi connectivity index (χ3v) is 3.54. The molecule has 1 N–H and O–H groups in total. The van der Waals surface area contributed by atoms with E-state index in [1.807, 2.05) is 56.3 Å². The number of amides is 2. The average Bonchev–Trinajstić information content (AvgIpc) is 2.77. The van der Waals surface area contributed by atoms with E-state index in [1.54, 1.807) is 12.1 Å². The maximum Gasteiger partial charge on any atom is 0.282 e. The van der Waals surface area contributed by atoms with Crippen LogP contribution in [0, 0.1) is 13.8 Å². The van der Waals surface area contributed by atoms with Crippen LogP contribution in [-0.4, -0.2) is 11.8 Å². The van der Waals surface area contributed by atoms with Crippen LogP contribution in [0.2, 0.25) is 0 Å². The van der Waals surface area contributed by atoms with Crippen LogP contribution in [0.4, 0.5) is 5.69 Å². The Labute approximate surface area is 129 Å². The molecule has 0 unspecified atom stereocenters. The van der Waals surface area contributed by atoms with E-state index >= 15 is 0 Å². The van der Waals surface area contributed by atoms with E-state index in [0.717, 1.165) is 16.7 Å². The van der Waals surface area contributed by atoms with E-state index in [-0.39, 0.29) is 17.4 Å². The van der Waals surface area contributed by atoms with Crippen molar-refractivity contribution in [2.75, 3.05) is 5.01 Å². The predicted molar refractivity (Wildman–Crippen MR) is 86.0 cm³/mol. The molecule has 1 aliphatic heterocycles. The first-order chi connectivity index (χ1) is 10.5. The van der Waals surface area contributed by atoms with E-state index in [4.69, 9.17) is 0 Å². The van der Waals surface area contributed by atoms with Crippen LogP contribution in [0.15, 0.2) is 54.1 Å². The van der Waals surface area contributed by atoms with Crippen LogP contribution in [0.25, 0.3) is 6.08 Å².